The second-order valence-electron chi connectivity index (χ2n) is 5.70. The van der Waals surface area contributed by atoms with E-state index in [4.69, 9.17) is 4.74 Å². The highest BCUT2D eigenvalue weighted by Crippen LogP contribution is 2.10. The Morgan fingerprint density at radius 1 is 0.960 bits per heavy atom. The third-order valence-corrected chi connectivity index (χ3v) is 3.61. The lowest BCUT2D eigenvalue weighted by Crippen LogP contribution is -2.14. The topological polar surface area (TPSA) is 59.1 Å². The van der Waals surface area contributed by atoms with Crippen LogP contribution < -0.4 is 15.4 Å². The number of hydrogen-bond acceptors (Lipinski definition) is 5. The van der Waals surface area contributed by atoms with E-state index in [0.717, 1.165) is 18.1 Å². The number of nitrogens with one attached hydrogen (secondary N) is 2. The van der Waals surface area contributed by atoms with Crippen molar-refractivity contribution in [1.82, 2.24) is 9.97 Å². The summed E-state index contributed by atoms with van der Waals surface area (Å²) in [6, 6.07) is 20.0. The van der Waals surface area contributed by atoms with Crippen LogP contribution in [0.2, 0.25) is 0 Å². The maximum absolute atomic E-state index is 5.64. The summed E-state index contributed by atoms with van der Waals surface area (Å²) >= 11 is 0. The molecule has 3 rings (SSSR count). The largest absolute Gasteiger partial charge is 0.492 e. The number of rotatable bonds is 8. The highest BCUT2D eigenvalue weighted by atomic mass is 16.5. The van der Waals surface area contributed by atoms with Gasteiger partial charge in [-0.25, -0.2) is 4.98 Å². The van der Waals surface area contributed by atoms with Crippen LogP contribution in [0.15, 0.2) is 66.9 Å². The predicted molar refractivity (Wildman–Crippen MR) is 101 cm³/mol. The number of para-hydroxylation sites is 1. The Kier molecular flexibility index (Phi) is 5.82. The van der Waals surface area contributed by atoms with Gasteiger partial charge in [-0.1, -0.05) is 48.0 Å². The lowest BCUT2D eigenvalue weighted by Gasteiger charge is -2.09. The summed E-state index contributed by atoms with van der Waals surface area (Å²) in [4.78, 5) is 8.70. The molecule has 0 aliphatic rings. The van der Waals surface area contributed by atoms with Crippen molar-refractivity contribution in [3.05, 3.63) is 78.0 Å². The van der Waals surface area contributed by atoms with Gasteiger partial charge in [0.05, 0.1) is 6.54 Å². The Labute approximate surface area is 148 Å². The van der Waals surface area contributed by atoms with Gasteiger partial charge in [-0.05, 0) is 30.7 Å². The lowest BCUT2D eigenvalue weighted by atomic mass is 10.1. The van der Waals surface area contributed by atoms with Crippen molar-refractivity contribution >= 4 is 11.8 Å². The van der Waals surface area contributed by atoms with Gasteiger partial charge in [-0.2, -0.15) is 4.98 Å². The number of anilines is 2. The third-order valence-electron chi connectivity index (χ3n) is 3.61. The molecule has 1 heterocycles. The number of aromatic nitrogens is 2. The molecular weight excluding hydrogens is 312 g/mol. The molecule has 3 aromatic rings. The van der Waals surface area contributed by atoms with E-state index in [9.17, 15) is 0 Å². The van der Waals surface area contributed by atoms with Crippen molar-refractivity contribution in [3.63, 3.8) is 0 Å². The van der Waals surface area contributed by atoms with Crippen LogP contribution in [0.4, 0.5) is 11.8 Å². The smallest absolute Gasteiger partial charge is 0.224 e. The first-order valence-corrected chi connectivity index (χ1v) is 8.34. The minimum atomic E-state index is 0.550. The fourth-order valence-electron chi connectivity index (χ4n) is 2.41. The van der Waals surface area contributed by atoms with Gasteiger partial charge in [-0.15, -0.1) is 0 Å². The Morgan fingerprint density at radius 3 is 2.68 bits per heavy atom. The summed E-state index contributed by atoms with van der Waals surface area (Å²) in [6.07, 6.45) is 1.74. The van der Waals surface area contributed by atoms with Crippen molar-refractivity contribution in [1.29, 1.82) is 0 Å². The molecule has 2 aromatic carbocycles. The molecule has 0 aliphatic carbocycles. The van der Waals surface area contributed by atoms with E-state index in [1.165, 1.54) is 11.1 Å². The number of benzene rings is 2. The van der Waals surface area contributed by atoms with Crippen LogP contribution in [0.5, 0.6) is 5.75 Å². The van der Waals surface area contributed by atoms with Gasteiger partial charge in [0.1, 0.15) is 18.2 Å². The molecule has 0 spiro atoms. The van der Waals surface area contributed by atoms with Crippen molar-refractivity contribution in [2.24, 2.45) is 0 Å². The first-order valence-electron chi connectivity index (χ1n) is 8.34. The average molecular weight is 334 g/mol. The summed E-state index contributed by atoms with van der Waals surface area (Å²) in [5.41, 5.74) is 2.48. The van der Waals surface area contributed by atoms with Crippen molar-refractivity contribution in [2.75, 3.05) is 23.8 Å². The van der Waals surface area contributed by atoms with Gasteiger partial charge in [0.25, 0.3) is 0 Å². The molecule has 0 fully saturated rings. The highest BCUT2D eigenvalue weighted by molar-refractivity contribution is 5.40. The zero-order valence-electron chi connectivity index (χ0n) is 14.3. The second kappa shape index (κ2) is 8.68. The van der Waals surface area contributed by atoms with Gasteiger partial charge in [0.15, 0.2) is 0 Å². The zero-order valence-corrected chi connectivity index (χ0v) is 14.3. The van der Waals surface area contributed by atoms with Crippen molar-refractivity contribution in [3.8, 4) is 5.75 Å². The molecule has 0 aliphatic heterocycles. The molecule has 5 heteroatoms. The van der Waals surface area contributed by atoms with Crippen molar-refractivity contribution < 1.29 is 4.74 Å². The molecule has 25 heavy (non-hydrogen) atoms. The Hall–Kier alpha value is -3.08. The Bertz CT molecular complexity index is 792. The minimum Gasteiger partial charge on any atom is -0.492 e. The fraction of sp³-hybridized carbons (Fsp3) is 0.200. The van der Waals surface area contributed by atoms with E-state index >= 15 is 0 Å². The average Bonchev–Trinajstić information content (AvgIpc) is 2.65. The normalized spacial score (nSPS) is 10.3. The SMILES string of the molecule is Cc1cccc(CNc2ccnc(NCCOc3ccccc3)n2)c1. The molecule has 5 nitrogen and oxygen atoms in total. The number of nitrogens with zero attached hydrogens (tertiary/aromatic N) is 2. The highest BCUT2D eigenvalue weighted by Gasteiger charge is 2.00. The third kappa shape index (κ3) is 5.49. The summed E-state index contributed by atoms with van der Waals surface area (Å²) < 4.78 is 5.64. The zero-order chi connectivity index (χ0) is 17.3. The maximum Gasteiger partial charge on any atom is 0.224 e. The molecule has 128 valence electrons. The summed E-state index contributed by atoms with van der Waals surface area (Å²) in [6.45, 7) is 4.01. The van der Waals surface area contributed by atoms with Crippen LogP contribution in [-0.4, -0.2) is 23.1 Å². The first-order chi connectivity index (χ1) is 12.3. The van der Waals surface area contributed by atoms with Gasteiger partial charge < -0.3 is 15.4 Å². The molecule has 2 N–H and O–H groups in total. The van der Waals surface area contributed by atoms with Crippen molar-refractivity contribution in [2.45, 2.75) is 13.5 Å². The van der Waals surface area contributed by atoms with Crippen LogP contribution in [0.3, 0.4) is 0 Å². The Balaban J connectivity index is 1.46. The van der Waals surface area contributed by atoms with E-state index in [-0.39, 0.29) is 0 Å². The van der Waals surface area contributed by atoms with Crippen LogP contribution in [0, 0.1) is 6.92 Å². The monoisotopic (exact) mass is 334 g/mol. The summed E-state index contributed by atoms with van der Waals surface area (Å²) in [7, 11) is 0. The quantitative estimate of drug-likeness (QED) is 0.612. The number of hydrogen-bond donors (Lipinski definition) is 2. The fourth-order valence-corrected chi connectivity index (χ4v) is 2.41. The molecule has 0 bridgehead atoms. The number of ether oxygens (including phenoxy) is 1. The molecule has 0 amide bonds. The molecule has 0 radical (unpaired) electrons. The van der Waals surface area contributed by atoms with Gasteiger partial charge in [0.2, 0.25) is 5.95 Å². The van der Waals surface area contributed by atoms with E-state index in [0.29, 0.717) is 19.1 Å². The molecule has 0 saturated heterocycles. The van der Waals surface area contributed by atoms with E-state index < -0.39 is 0 Å². The summed E-state index contributed by atoms with van der Waals surface area (Å²) in [5, 5.41) is 6.50. The standard InChI is InChI=1S/C20H22N4O/c1-16-6-5-7-17(14-16)15-23-19-10-11-21-20(24-19)22-12-13-25-18-8-3-2-4-9-18/h2-11,14H,12-13,15H2,1H3,(H2,21,22,23,24). The minimum absolute atomic E-state index is 0.550. The van der Waals surface area contributed by atoms with Crippen LogP contribution >= 0.6 is 0 Å². The van der Waals surface area contributed by atoms with E-state index in [1.807, 2.05) is 36.4 Å². The second-order valence-corrected chi connectivity index (χ2v) is 5.70. The van der Waals surface area contributed by atoms with E-state index in [1.54, 1.807) is 6.20 Å². The van der Waals surface area contributed by atoms with Crippen LogP contribution in [-0.2, 0) is 6.54 Å². The maximum atomic E-state index is 5.64. The molecule has 0 saturated carbocycles. The van der Waals surface area contributed by atoms with Gasteiger partial charge in [0, 0.05) is 12.7 Å². The molecule has 0 unspecified atom stereocenters. The summed E-state index contributed by atoms with van der Waals surface area (Å²) in [5.74, 6) is 2.24. The van der Waals surface area contributed by atoms with Gasteiger partial charge >= 0.3 is 0 Å². The van der Waals surface area contributed by atoms with Gasteiger partial charge in [-0.3, -0.25) is 0 Å². The first kappa shape index (κ1) is 16.8. The predicted octanol–water partition coefficient (Wildman–Crippen LogP) is 3.89. The molecular formula is C20H22N4O. The van der Waals surface area contributed by atoms with Crippen LogP contribution in [0.25, 0.3) is 0 Å². The molecule has 1 aromatic heterocycles. The van der Waals surface area contributed by atoms with E-state index in [2.05, 4.69) is 51.8 Å². The lowest BCUT2D eigenvalue weighted by molar-refractivity contribution is 0.332. The van der Waals surface area contributed by atoms with Crippen LogP contribution in [0.1, 0.15) is 11.1 Å². The molecule has 0 atom stereocenters. The Morgan fingerprint density at radius 2 is 1.84 bits per heavy atom. The number of aryl methyl sites for hydroxylation is 1.